The van der Waals surface area contributed by atoms with Crippen LogP contribution < -0.4 is 11.1 Å². The van der Waals surface area contributed by atoms with Crippen molar-refractivity contribution in [3.8, 4) is 0 Å². The van der Waals surface area contributed by atoms with Crippen molar-refractivity contribution in [1.29, 1.82) is 0 Å². The second-order valence-corrected chi connectivity index (χ2v) is 4.48. The van der Waals surface area contributed by atoms with Gasteiger partial charge in [-0.2, -0.15) is 0 Å². The summed E-state index contributed by atoms with van der Waals surface area (Å²) in [6.07, 6.45) is 3.10. The zero-order chi connectivity index (χ0) is 13.8. The second-order valence-electron chi connectivity index (χ2n) is 4.48. The van der Waals surface area contributed by atoms with Crippen LogP contribution in [0.4, 0.5) is 20.4 Å². The fraction of sp³-hybridized carbons (Fsp3) is 0.500. The number of amides is 1. The maximum Gasteiger partial charge on any atom is 0.241 e. The minimum atomic E-state index is -0.912. The fourth-order valence-electron chi connectivity index (χ4n) is 2.02. The Morgan fingerprint density at radius 1 is 1.32 bits per heavy atom. The molecule has 1 aliphatic rings. The Bertz CT molecular complexity index is 475. The molecule has 7 heteroatoms. The normalized spacial score (nSPS) is 15.4. The van der Waals surface area contributed by atoms with Gasteiger partial charge in [0.2, 0.25) is 5.91 Å². The Labute approximate surface area is 109 Å². The summed E-state index contributed by atoms with van der Waals surface area (Å²) in [6, 6.07) is 0.649. The van der Waals surface area contributed by atoms with Gasteiger partial charge in [-0.25, -0.2) is 13.8 Å². The SMILES string of the molecule is Nc1nc(NCC(=O)N2CCCCC2)c(F)cc1F. The van der Waals surface area contributed by atoms with Gasteiger partial charge in [-0.3, -0.25) is 4.79 Å². The van der Waals surface area contributed by atoms with E-state index in [4.69, 9.17) is 5.73 Å². The molecule has 0 bridgehead atoms. The minimum absolute atomic E-state index is 0.0744. The molecule has 0 aliphatic carbocycles. The third-order valence-electron chi connectivity index (χ3n) is 3.07. The number of pyridine rings is 1. The van der Waals surface area contributed by atoms with Crippen molar-refractivity contribution >= 4 is 17.5 Å². The summed E-state index contributed by atoms with van der Waals surface area (Å²) >= 11 is 0. The highest BCUT2D eigenvalue weighted by Gasteiger charge is 2.17. The van der Waals surface area contributed by atoms with Crippen LogP contribution in [0.3, 0.4) is 0 Å². The first-order valence-electron chi connectivity index (χ1n) is 6.21. The van der Waals surface area contributed by atoms with Crippen LogP contribution in [0.5, 0.6) is 0 Å². The third-order valence-corrected chi connectivity index (χ3v) is 3.07. The van der Waals surface area contributed by atoms with E-state index in [1.807, 2.05) is 0 Å². The van der Waals surface area contributed by atoms with E-state index in [-0.39, 0.29) is 18.3 Å². The van der Waals surface area contributed by atoms with Crippen molar-refractivity contribution in [2.24, 2.45) is 0 Å². The number of nitrogens with one attached hydrogen (secondary N) is 1. The number of piperidine rings is 1. The Balaban J connectivity index is 1.94. The van der Waals surface area contributed by atoms with Crippen molar-refractivity contribution in [3.05, 3.63) is 17.7 Å². The maximum atomic E-state index is 13.4. The summed E-state index contributed by atoms with van der Waals surface area (Å²) in [7, 11) is 0. The van der Waals surface area contributed by atoms with E-state index in [2.05, 4.69) is 10.3 Å². The van der Waals surface area contributed by atoms with Gasteiger partial charge in [-0.15, -0.1) is 0 Å². The van der Waals surface area contributed by atoms with Crippen molar-refractivity contribution in [2.75, 3.05) is 30.7 Å². The van der Waals surface area contributed by atoms with Crippen molar-refractivity contribution in [2.45, 2.75) is 19.3 Å². The molecule has 104 valence electrons. The molecule has 19 heavy (non-hydrogen) atoms. The molecule has 2 heterocycles. The van der Waals surface area contributed by atoms with Crippen LogP contribution in [0.25, 0.3) is 0 Å². The molecule has 0 spiro atoms. The molecular formula is C12H16F2N4O. The molecule has 1 aromatic rings. The van der Waals surface area contributed by atoms with Gasteiger partial charge in [0.25, 0.3) is 0 Å². The van der Waals surface area contributed by atoms with E-state index in [0.717, 1.165) is 32.4 Å². The number of hydrogen-bond acceptors (Lipinski definition) is 4. The number of rotatable bonds is 3. The monoisotopic (exact) mass is 270 g/mol. The number of nitrogen functional groups attached to an aromatic ring is 1. The summed E-state index contributed by atoms with van der Waals surface area (Å²) in [5, 5.41) is 2.55. The van der Waals surface area contributed by atoms with Crippen LogP contribution in [0, 0.1) is 11.6 Å². The molecular weight excluding hydrogens is 254 g/mol. The largest absolute Gasteiger partial charge is 0.381 e. The van der Waals surface area contributed by atoms with Crippen molar-refractivity contribution in [3.63, 3.8) is 0 Å². The number of halogens is 2. The lowest BCUT2D eigenvalue weighted by Crippen LogP contribution is -2.39. The molecule has 1 amide bonds. The van der Waals surface area contributed by atoms with Gasteiger partial charge >= 0.3 is 0 Å². The lowest BCUT2D eigenvalue weighted by molar-refractivity contribution is -0.130. The molecule has 1 aromatic heterocycles. The summed E-state index contributed by atoms with van der Waals surface area (Å²) in [5.41, 5.74) is 5.25. The van der Waals surface area contributed by atoms with E-state index in [9.17, 15) is 13.6 Å². The van der Waals surface area contributed by atoms with Gasteiger partial charge in [0.05, 0.1) is 6.54 Å². The van der Waals surface area contributed by atoms with Crippen LogP contribution in [-0.4, -0.2) is 35.4 Å². The lowest BCUT2D eigenvalue weighted by atomic mass is 10.1. The van der Waals surface area contributed by atoms with Crippen LogP contribution in [-0.2, 0) is 4.79 Å². The van der Waals surface area contributed by atoms with Gasteiger partial charge in [0.15, 0.2) is 23.3 Å². The number of nitrogens with two attached hydrogens (primary N) is 1. The van der Waals surface area contributed by atoms with Gasteiger partial charge in [-0.05, 0) is 19.3 Å². The molecule has 2 rings (SSSR count). The quantitative estimate of drug-likeness (QED) is 0.870. The molecule has 0 radical (unpaired) electrons. The zero-order valence-corrected chi connectivity index (χ0v) is 10.5. The molecule has 0 atom stereocenters. The van der Waals surface area contributed by atoms with Crippen LogP contribution in [0.15, 0.2) is 6.07 Å². The lowest BCUT2D eigenvalue weighted by Gasteiger charge is -2.26. The zero-order valence-electron chi connectivity index (χ0n) is 10.5. The van der Waals surface area contributed by atoms with Gasteiger partial charge in [-0.1, -0.05) is 0 Å². The maximum absolute atomic E-state index is 13.4. The molecule has 0 saturated carbocycles. The minimum Gasteiger partial charge on any atom is -0.381 e. The molecule has 0 aromatic carbocycles. The van der Waals surface area contributed by atoms with Crippen LogP contribution in [0.2, 0.25) is 0 Å². The van der Waals surface area contributed by atoms with Crippen molar-refractivity contribution in [1.82, 2.24) is 9.88 Å². The number of likely N-dealkylation sites (tertiary alicyclic amines) is 1. The predicted molar refractivity (Wildman–Crippen MR) is 67.5 cm³/mol. The van der Waals surface area contributed by atoms with Crippen LogP contribution in [0.1, 0.15) is 19.3 Å². The Kier molecular flexibility index (Phi) is 4.13. The topological polar surface area (TPSA) is 71.2 Å². The average molecular weight is 270 g/mol. The first kappa shape index (κ1) is 13.5. The average Bonchev–Trinajstić information content (AvgIpc) is 2.42. The highest BCUT2D eigenvalue weighted by molar-refractivity contribution is 5.80. The summed E-state index contributed by atoms with van der Waals surface area (Å²) in [5.74, 6) is -2.49. The van der Waals surface area contributed by atoms with Gasteiger partial charge < -0.3 is 16.0 Å². The molecule has 1 saturated heterocycles. The van der Waals surface area contributed by atoms with E-state index in [1.165, 1.54) is 0 Å². The standard InChI is InChI=1S/C12H16F2N4O/c13-8-6-9(14)12(17-11(8)15)16-7-10(19)18-4-2-1-3-5-18/h6H,1-5,7H2,(H3,15,16,17). The molecule has 1 aliphatic heterocycles. The smallest absolute Gasteiger partial charge is 0.241 e. The van der Waals surface area contributed by atoms with Gasteiger partial charge in [0, 0.05) is 19.2 Å². The van der Waals surface area contributed by atoms with E-state index < -0.39 is 17.5 Å². The number of carbonyl (C=O) groups is 1. The summed E-state index contributed by atoms with van der Waals surface area (Å²) < 4.78 is 26.3. The molecule has 3 N–H and O–H groups in total. The van der Waals surface area contributed by atoms with E-state index in [0.29, 0.717) is 6.07 Å². The first-order valence-corrected chi connectivity index (χ1v) is 6.21. The van der Waals surface area contributed by atoms with Gasteiger partial charge in [0.1, 0.15) is 0 Å². The van der Waals surface area contributed by atoms with E-state index >= 15 is 0 Å². The number of aromatic nitrogens is 1. The second kappa shape index (κ2) is 5.81. The number of anilines is 2. The van der Waals surface area contributed by atoms with Crippen molar-refractivity contribution < 1.29 is 13.6 Å². The number of hydrogen-bond donors (Lipinski definition) is 2. The molecule has 0 unspecified atom stereocenters. The number of nitrogens with zero attached hydrogens (tertiary/aromatic N) is 2. The summed E-state index contributed by atoms with van der Waals surface area (Å²) in [4.78, 5) is 17.1. The highest BCUT2D eigenvalue weighted by atomic mass is 19.1. The Morgan fingerprint density at radius 3 is 2.68 bits per heavy atom. The summed E-state index contributed by atoms with van der Waals surface area (Å²) in [6.45, 7) is 1.37. The number of carbonyl (C=O) groups excluding carboxylic acids is 1. The van der Waals surface area contributed by atoms with E-state index in [1.54, 1.807) is 4.90 Å². The predicted octanol–water partition coefficient (Wildman–Crippen LogP) is 1.37. The highest BCUT2D eigenvalue weighted by Crippen LogP contribution is 2.16. The third kappa shape index (κ3) is 3.30. The fourth-order valence-corrected chi connectivity index (χ4v) is 2.02. The molecule has 1 fully saturated rings. The first-order chi connectivity index (χ1) is 9.08. The Morgan fingerprint density at radius 2 is 2.00 bits per heavy atom. The molecule has 5 nitrogen and oxygen atoms in total. The van der Waals surface area contributed by atoms with Crippen LogP contribution >= 0.6 is 0 Å². The Hall–Kier alpha value is -1.92.